The predicted octanol–water partition coefficient (Wildman–Crippen LogP) is 0.388. The Morgan fingerprint density at radius 1 is 1.56 bits per heavy atom. The van der Waals surface area contributed by atoms with Crippen molar-refractivity contribution in [3.05, 3.63) is 11.7 Å². The average Bonchev–Trinajstić information content (AvgIpc) is 2.94. The highest BCUT2D eigenvalue weighted by Gasteiger charge is 2.28. The normalized spacial score (nSPS) is 14.8. The molecule has 0 unspecified atom stereocenters. The molecule has 0 radical (unpaired) electrons. The Morgan fingerprint density at radius 3 is 2.94 bits per heavy atom. The molecule has 8 heteroatoms. The molecule has 1 heterocycles. The molecule has 1 aliphatic carbocycles. The molecule has 0 atom stereocenters. The summed E-state index contributed by atoms with van der Waals surface area (Å²) < 4.78 is 5.03. The Bertz CT molecular complexity index is 420. The molecule has 1 aliphatic rings. The van der Waals surface area contributed by atoms with Gasteiger partial charge in [-0.1, -0.05) is 16.9 Å². The standard InChI is InChI=1S/C8H12N6OS/c9-7(10)13-8(11)16-3-5-12-6(14-15-5)4-1-2-4/h4H,1-3H2,(H5,9,10,11,13). The molecule has 86 valence electrons. The first kappa shape index (κ1) is 10.9. The number of nitrogens with two attached hydrogens (primary N) is 2. The van der Waals surface area contributed by atoms with E-state index in [1.165, 1.54) is 0 Å². The van der Waals surface area contributed by atoms with Crippen molar-refractivity contribution in [2.24, 2.45) is 16.5 Å². The molecule has 2 rings (SSSR count). The van der Waals surface area contributed by atoms with Crippen LogP contribution in [0.4, 0.5) is 0 Å². The second-order valence-electron chi connectivity index (χ2n) is 3.45. The fourth-order valence-electron chi connectivity index (χ4n) is 1.11. The summed E-state index contributed by atoms with van der Waals surface area (Å²) in [5, 5.41) is 11.3. The lowest BCUT2D eigenvalue weighted by Crippen LogP contribution is -2.23. The van der Waals surface area contributed by atoms with Gasteiger partial charge in [-0.05, 0) is 12.8 Å². The molecular weight excluding hydrogens is 228 g/mol. The van der Waals surface area contributed by atoms with E-state index < -0.39 is 0 Å². The van der Waals surface area contributed by atoms with Crippen molar-refractivity contribution in [1.82, 2.24) is 10.1 Å². The van der Waals surface area contributed by atoms with Gasteiger partial charge in [-0.15, -0.1) is 0 Å². The van der Waals surface area contributed by atoms with Crippen LogP contribution in [0.15, 0.2) is 9.52 Å². The second kappa shape index (κ2) is 4.52. The number of amidine groups is 1. The number of hydrogen-bond donors (Lipinski definition) is 3. The van der Waals surface area contributed by atoms with Gasteiger partial charge in [0.1, 0.15) is 0 Å². The first-order valence-electron chi connectivity index (χ1n) is 4.78. The van der Waals surface area contributed by atoms with Crippen LogP contribution in [0.25, 0.3) is 0 Å². The van der Waals surface area contributed by atoms with Crippen molar-refractivity contribution in [3.63, 3.8) is 0 Å². The number of nitrogens with zero attached hydrogens (tertiary/aromatic N) is 3. The Morgan fingerprint density at radius 2 is 2.31 bits per heavy atom. The van der Waals surface area contributed by atoms with Gasteiger partial charge >= 0.3 is 0 Å². The lowest BCUT2D eigenvalue weighted by Gasteiger charge is -1.94. The highest BCUT2D eigenvalue weighted by molar-refractivity contribution is 8.13. The molecule has 7 nitrogen and oxygen atoms in total. The van der Waals surface area contributed by atoms with Gasteiger partial charge in [0.05, 0.1) is 5.75 Å². The van der Waals surface area contributed by atoms with Gasteiger partial charge in [-0.2, -0.15) is 9.98 Å². The Balaban J connectivity index is 1.84. The van der Waals surface area contributed by atoms with Gasteiger partial charge in [-0.25, -0.2) is 0 Å². The number of guanidine groups is 1. The molecule has 1 aromatic heterocycles. The zero-order valence-electron chi connectivity index (χ0n) is 8.51. The number of aromatic nitrogens is 2. The van der Waals surface area contributed by atoms with E-state index in [4.69, 9.17) is 21.4 Å². The van der Waals surface area contributed by atoms with E-state index in [2.05, 4.69) is 15.1 Å². The quantitative estimate of drug-likeness (QED) is 0.518. The van der Waals surface area contributed by atoms with E-state index in [1.807, 2.05) is 0 Å². The molecule has 1 aromatic rings. The number of rotatable bonds is 3. The molecule has 16 heavy (non-hydrogen) atoms. The molecule has 0 amide bonds. The van der Waals surface area contributed by atoms with Gasteiger partial charge in [0.15, 0.2) is 17.0 Å². The van der Waals surface area contributed by atoms with Crippen molar-refractivity contribution < 1.29 is 4.52 Å². The highest BCUT2D eigenvalue weighted by atomic mass is 32.2. The van der Waals surface area contributed by atoms with Crippen LogP contribution >= 0.6 is 11.8 Å². The smallest absolute Gasteiger partial charge is 0.237 e. The molecule has 0 aromatic carbocycles. The van der Waals surface area contributed by atoms with Crippen LogP contribution in [0.5, 0.6) is 0 Å². The minimum Gasteiger partial charge on any atom is -0.370 e. The first-order chi connectivity index (χ1) is 7.65. The summed E-state index contributed by atoms with van der Waals surface area (Å²) in [5.41, 5.74) is 10.3. The average molecular weight is 240 g/mol. The number of hydrogen-bond acceptors (Lipinski definition) is 5. The Hall–Kier alpha value is -1.57. The fraction of sp³-hybridized carbons (Fsp3) is 0.500. The van der Waals surface area contributed by atoms with Crippen molar-refractivity contribution in [2.75, 3.05) is 0 Å². The third kappa shape index (κ3) is 2.96. The third-order valence-electron chi connectivity index (χ3n) is 1.99. The minimum atomic E-state index is -0.123. The summed E-state index contributed by atoms with van der Waals surface area (Å²) in [5.74, 6) is 2.03. The summed E-state index contributed by atoms with van der Waals surface area (Å²) in [7, 11) is 0. The Labute approximate surface area is 96.2 Å². The predicted molar refractivity (Wildman–Crippen MR) is 61.1 cm³/mol. The van der Waals surface area contributed by atoms with Crippen molar-refractivity contribution in [2.45, 2.75) is 24.5 Å². The summed E-state index contributed by atoms with van der Waals surface area (Å²) in [4.78, 5) is 7.79. The molecule has 0 bridgehead atoms. The third-order valence-corrected chi connectivity index (χ3v) is 2.75. The fourth-order valence-corrected chi connectivity index (χ4v) is 1.66. The maximum atomic E-state index is 7.40. The van der Waals surface area contributed by atoms with Crippen molar-refractivity contribution in [3.8, 4) is 0 Å². The van der Waals surface area contributed by atoms with Crippen LogP contribution < -0.4 is 11.5 Å². The Kier molecular flexibility index (Phi) is 3.09. The van der Waals surface area contributed by atoms with Gasteiger partial charge in [0.2, 0.25) is 5.89 Å². The topological polar surface area (TPSA) is 127 Å². The molecule has 0 spiro atoms. The largest absolute Gasteiger partial charge is 0.370 e. The van der Waals surface area contributed by atoms with E-state index >= 15 is 0 Å². The van der Waals surface area contributed by atoms with Crippen LogP contribution in [-0.2, 0) is 5.75 Å². The van der Waals surface area contributed by atoms with E-state index in [9.17, 15) is 0 Å². The molecule has 1 fully saturated rings. The van der Waals surface area contributed by atoms with Crippen LogP contribution in [0.3, 0.4) is 0 Å². The van der Waals surface area contributed by atoms with Gasteiger partial charge in [0, 0.05) is 5.92 Å². The molecule has 1 saturated carbocycles. The second-order valence-corrected chi connectivity index (χ2v) is 4.42. The van der Waals surface area contributed by atoms with Crippen molar-refractivity contribution >= 4 is 22.9 Å². The van der Waals surface area contributed by atoms with E-state index in [-0.39, 0.29) is 11.1 Å². The number of aliphatic imine (C=N–C) groups is 1. The summed E-state index contributed by atoms with van der Waals surface area (Å²) in [6.07, 6.45) is 2.27. The number of thioether (sulfide) groups is 1. The van der Waals surface area contributed by atoms with E-state index in [0.717, 1.165) is 30.4 Å². The van der Waals surface area contributed by atoms with Gasteiger partial charge in [0.25, 0.3) is 0 Å². The SMILES string of the molecule is N=C(N=C(N)N)SCc1nc(C2CC2)no1. The zero-order chi connectivity index (χ0) is 11.5. The lowest BCUT2D eigenvalue weighted by molar-refractivity contribution is 0.385. The number of nitrogens with one attached hydrogen (secondary N) is 1. The zero-order valence-corrected chi connectivity index (χ0v) is 9.33. The monoisotopic (exact) mass is 240 g/mol. The van der Waals surface area contributed by atoms with Crippen LogP contribution in [-0.4, -0.2) is 21.3 Å². The van der Waals surface area contributed by atoms with Crippen LogP contribution in [0.2, 0.25) is 0 Å². The molecular formula is C8H12N6OS. The van der Waals surface area contributed by atoms with Crippen LogP contribution in [0, 0.1) is 5.41 Å². The van der Waals surface area contributed by atoms with Crippen LogP contribution in [0.1, 0.15) is 30.5 Å². The highest BCUT2D eigenvalue weighted by Crippen LogP contribution is 2.38. The van der Waals surface area contributed by atoms with Gasteiger partial charge in [-0.3, -0.25) is 5.41 Å². The molecule has 5 N–H and O–H groups in total. The molecule has 0 saturated heterocycles. The summed E-state index contributed by atoms with van der Waals surface area (Å²) >= 11 is 1.14. The lowest BCUT2D eigenvalue weighted by atomic mass is 10.4. The van der Waals surface area contributed by atoms with Gasteiger partial charge < -0.3 is 16.0 Å². The maximum absolute atomic E-state index is 7.40. The molecule has 0 aliphatic heterocycles. The van der Waals surface area contributed by atoms with E-state index in [1.54, 1.807) is 0 Å². The van der Waals surface area contributed by atoms with E-state index in [0.29, 0.717) is 17.6 Å². The summed E-state index contributed by atoms with van der Waals surface area (Å²) in [6.45, 7) is 0. The first-order valence-corrected chi connectivity index (χ1v) is 5.77. The maximum Gasteiger partial charge on any atom is 0.237 e. The summed E-state index contributed by atoms with van der Waals surface area (Å²) in [6, 6.07) is 0. The minimum absolute atomic E-state index is 0.0335. The van der Waals surface area contributed by atoms with Crippen molar-refractivity contribution in [1.29, 1.82) is 5.41 Å².